The van der Waals surface area contributed by atoms with Crippen molar-refractivity contribution in [2.24, 2.45) is 0 Å². The second-order valence-corrected chi connectivity index (χ2v) is 7.76. The molecule has 1 aromatic heterocycles. The Morgan fingerprint density at radius 1 is 1.45 bits per heavy atom. The van der Waals surface area contributed by atoms with E-state index < -0.39 is 4.87 Å². The van der Waals surface area contributed by atoms with Gasteiger partial charge in [-0.1, -0.05) is 27.7 Å². The normalized spacial score (nSPS) is 29.8. The van der Waals surface area contributed by atoms with Gasteiger partial charge in [0.15, 0.2) is 4.87 Å². The molecule has 1 aromatic rings. The number of rotatable bonds is 2. The molecule has 0 radical (unpaired) electrons. The first-order valence-electron chi connectivity index (χ1n) is 6.33. The lowest BCUT2D eigenvalue weighted by atomic mass is 10.1. The van der Waals surface area contributed by atoms with Gasteiger partial charge in [0.2, 0.25) is 5.91 Å². The summed E-state index contributed by atoms with van der Waals surface area (Å²) in [6.07, 6.45) is 1.70. The molecule has 7 heteroatoms. The summed E-state index contributed by atoms with van der Waals surface area (Å²) >= 11 is 0. The second kappa shape index (κ2) is 4.96. The van der Waals surface area contributed by atoms with E-state index in [1.54, 1.807) is 33.8 Å². The van der Waals surface area contributed by atoms with E-state index in [1.807, 2.05) is 25.1 Å². The zero-order chi connectivity index (χ0) is 14.3. The van der Waals surface area contributed by atoms with Crippen molar-refractivity contribution in [1.29, 1.82) is 0 Å². The van der Waals surface area contributed by atoms with E-state index in [1.165, 1.54) is 10.8 Å². The molecule has 2 bridgehead atoms. The maximum atomic E-state index is 12.8. The number of piperazine rings is 1. The summed E-state index contributed by atoms with van der Waals surface area (Å²) in [5.41, 5.74) is 0.808. The van der Waals surface area contributed by atoms with E-state index >= 15 is 0 Å². The van der Waals surface area contributed by atoms with E-state index in [9.17, 15) is 9.59 Å². The van der Waals surface area contributed by atoms with Crippen LogP contribution in [0.1, 0.15) is 12.6 Å². The van der Waals surface area contributed by atoms with Crippen LogP contribution in [0.3, 0.4) is 0 Å². The van der Waals surface area contributed by atoms with Gasteiger partial charge in [0.05, 0.1) is 12.2 Å². The summed E-state index contributed by atoms with van der Waals surface area (Å²) in [7, 11) is 4.78. The first-order chi connectivity index (χ1) is 9.54. The maximum Gasteiger partial charge on any atom is 0.260 e. The molecule has 0 N–H and O–H groups in total. The summed E-state index contributed by atoms with van der Waals surface area (Å²) in [5, 5.41) is 0. The highest BCUT2D eigenvalue weighted by molar-refractivity contribution is 8.77. The van der Waals surface area contributed by atoms with Crippen molar-refractivity contribution in [2.45, 2.75) is 24.4 Å². The highest BCUT2D eigenvalue weighted by Gasteiger charge is 2.55. The molecule has 3 aliphatic rings. The SMILES string of the molecule is CN1C(=O)C2CSSC1(C)C(=O)N2Cc1ccccn1. The molecule has 106 valence electrons. The third kappa shape index (κ3) is 2.00. The van der Waals surface area contributed by atoms with Crippen LogP contribution in [0.15, 0.2) is 24.4 Å². The van der Waals surface area contributed by atoms with Crippen LogP contribution in [-0.4, -0.2) is 50.3 Å². The Morgan fingerprint density at radius 2 is 2.25 bits per heavy atom. The Hall–Kier alpha value is -1.21. The molecule has 0 aliphatic carbocycles. The van der Waals surface area contributed by atoms with Crippen LogP contribution < -0.4 is 0 Å². The number of carbonyl (C=O) groups excluding carboxylic acids is 2. The number of likely N-dealkylation sites (N-methyl/N-ethyl adjacent to an activating group) is 1. The maximum absolute atomic E-state index is 12.8. The monoisotopic (exact) mass is 309 g/mol. The van der Waals surface area contributed by atoms with Gasteiger partial charge in [-0.15, -0.1) is 0 Å². The van der Waals surface area contributed by atoms with E-state index in [0.29, 0.717) is 12.3 Å². The van der Waals surface area contributed by atoms with E-state index in [2.05, 4.69) is 4.98 Å². The second-order valence-electron chi connectivity index (χ2n) is 5.02. The van der Waals surface area contributed by atoms with E-state index in [4.69, 9.17) is 0 Å². The van der Waals surface area contributed by atoms with Crippen molar-refractivity contribution in [3.05, 3.63) is 30.1 Å². The number of fused-ring (bicyclic) bond motifs is 4. The van der Waals surface area contributed by atoms with Crippen molar-refractivity contribution < 1.29 is 9.59 Å². The Kier molecular flexibility index (Phi) is 3.41. The fourth-order valence-corrected chi connectivity index (χ4v) is 5.40. The van der Waals surface area contributed by atoms with Gasteiger partial charge in [-0.2, -0.15) is 0 Å². The van der Waals surface area contributed by atoms with Crippen LogP contribution in [-0.2, 0) is 16.1 Å². The lowest BCUT2D eigenvalue weighted by Crippen LogP contribution is -2.66. The summed E-state index contributed by atoms with van der Waals surface area (Å²) < 4.78 is 0. The molecule has 3 saturated heterocycles. The third-order valence-electron chi connectivity index (χ3n) is 3.80. The van der Waals surface area contributed by atoms with Gasteiger partial charge in [0.25, 0.3) is 5.91 Å². The summed E-state index contributed by atoms with van der Waals surface area (Å²) in [6, 6.07) is 5.22. The molecule has 2 unspecified atom stereocenters. The fourth-order valence-electron chi connectivity index (χ4n) is 2.43. The molecule has 0 aromatic carbocycles. The minimum atomic E-state index is -0.816. The van der Waals surface area contributed by atoms with Gasteiger partial charge in [0.1, 0.15) is 6.04 Å². The number of pyridine rings is 1. The Bertz CT molecular complexity index is 554. The quantitative estimate of drug-likeness (QED) is 0.772. The molecule has 3 aliphatic heterocycles. The number of hydrogen-bond donors (Lipinski definition) is 0. The Labute approximate surface area is 125 Å². The van der Waals surface area contributed by atoms with E-state index in [-0.39, 0.29) is 17.9 Å². The van der Waals surface area contributed by atoms with Crippen LogP contribution in [0.5, 0.6) is 0 Å². The minimum absolute atomic E-state index is 0.00902. The van der Waals surface area contributed by atoms with Crippen LogP contribution in [0.2, 0.25) is 0 Å². The van der Waals surface area contributed by atoms with Crippen molar-refractivity contribution >= 4 is 33.4 Å². The van der Waals surface area contributed by atoms with Crippen molar-refractivity contribution in [2.75, 3.05) is 12.8 Å². The summed E-state index contributed by atoms with van der Waals surface area (Å²) in [5.74, 6) is 0.632. The highest BCUT2D eigenvalue weighted by Crippen LogP contribution is 2.47. The number of aromatic nitrogens is 1. The molecule has 0 spiro atoms. The molecular formula is C13H15N3O2S2. The summed E-state index contributed by atoms with van der Waals surface area (Å²) in [6.45, 7) is 2.21. The summed E-state index contributed by atoms with van der Waals surface area (Å²) in [4.78, 5) is 31.9. The van der Waals surface area contributed by atoms with Crippen molar-refractivity contribution in [1.82, 2.24) is 14.8 Å². The molecule has 2 amide bonds. The van der Waals surface area contributed by atoms with Crippen molar-refractivity contribution in [3.63, 3.8) is 0 Å². The number of nitrogens with zero attached hydrogens (tertiary/aromatic N) is 3. The van der Waals surface area contributed by atoms with Gasteiger partial charge in [-0.3, -0.25) is 14.6 Å². The zero-order valence-electron chi connectivity index (χ0n) is 11.3. The lowest BCUT2D eigenvalue weighted by molar-refractivity contribution is -0.160. The third-order valence-corrected chi connectivity index (χ3v) is 6.87. The van der Waals surface area contributed by atoms with Crippen LogP contribution in [0, 0.1) is 0 Å². The first kappa shape index (κ1) is 13.8. The number of hydrogen-bond acceptors (Lipinski definition) is 5. The fraction of sp³-hybridized carbons (Fsp3) is 0.462. The van der Waals surface area contributed by atoms with Gasteiger partial charge < -0.3 is 9.80 Å². The zero-order valence-corrected chi connectivity index (χ0v) is 12.9. The topological polar surface area (TPSA) is 53.5 Å². The predicted molar refractivity (Wildman–Crippen MR) is 79.8 cm³/mol. The number of amides is 2. The first-order valence-corrected chi connectivity index (χ1v) is 8.65. The Balaban J connectivity index is 1.95. The lowest BCUT2D eigenvalue weighted by Gasteiger charge is -2.45. The van der Waals surface area contributed by atoms with Crippen molar-refractivity contribution in [3.8, 4) is 0 Å². The average molecular weight is 309 g/mol. The predicted octanol–water partition coefficient (Wildman–Crippen LogP) is 1.36. The molecular weight excluding hydrogens is 294 g/mol. The van der Waals surface area contributed by atoms with E-state index in [0.717, 1.165) is 5.69 Å². The Morgan fingerprint density at radius 3 is 2.95 bits per heavy atom. The molecule has 3 fully saturated rings. The van der Waals surface area contributed by atoms with Crippen LogP contribution in [0.4, 0.5) is 0 Å². The van der Waals surface area contributed by atoms with Crippen LogP contribution >= 0.6 is 21.6 Å². The molecule has 20 heavy (non-hydrogen) atoms. The number of carbonyl (C=O) groups is 2. The smallest absolute Gasteiger partial charge is 0.260 e. The molecule has 4 heterocycles. The van der Waals surface area contributed by atoms with Gasteiger partial charge in [-0.25, -0.2) is 0 Å². The molecule has 5 nitrogen and oxygen atoms in total. The van der Waals surface area contributed by atoms with Gasteiger partial charge >= 0.3 is 0 Å². The molecule has 0 saturated carbocycles. The van der Waals surface area contributed by atoms with Gasteiger partial charge in [0, 0.05) is 19.0 Å². The standard InChI is InChI=1S/C13H15N3O2S2/c1-13-12(18)16(7-9-5-3-4-6-14-9)10(8-19-20-13)11(17)15(13)2/h3-6,10H,7-8H2,1-2H3. The highest BCUT2D eigenvalue weighted by atomic mass is 33.1. The largest absolute Gasteiger partial charge is 0.321 e. The minimum Gasteiger partial charge on any atom is -0.321 e. The molecule has 2 atom stereocenters. The van der Waals surface area contributed by atoms with Gasteiger partial charge in [-0.05, 0) is 19.1 Å². The molecule has 4 rings (SSSR count). The van der Waals surface area contributed by atoms with Crippen LogP contribution in [0.25, 0.3) is 0 Å². The average Bonchev–Trinajstić information content (AvgIpc) is 2.65.